The SMILES string of the molecule is C#Cc1cc(C(C)C)ccc1OCc1cccc(F)c1. The summed E-state index contributed by atoms with van der Waals surface area (Å²) in [4.78, 5) is 0. The molecular formula is C18H17FO. The van der Waals surface area contributed by atoms with E-state index in [-0.39, 0.29) is 5.82 Å². The van der Waals surface area contributed by atoms with E-state index in [0.29, 0.717) is 18.3 Å². The zero-order valence-electron chi connectivity index (χ0n) is 11.7. The summed E-state index contributed by atoms with van der Waals surface area (Å²) in [6.45, 7) is 4.53. The van der Waals surface area contributed by atoms with E-state index < -0.39 is 0 Å². The Morgan fingerprint density at radius 3 is 2.65 bits per heavy atom. The van der Waals surface area contributed by atoms with Gasteiger partial charge in [0.05, 0.1) is 5.56 Å². The van der Waals surface area contributed by atoms with Gasteiger partial charge in [0.1, 0.15) is 18.2 Å². The van der Waals surface area contributed by atoms with E-state index in [2.05, 4.69) is 19.8 Å². The number of hydrogen-bond acceptors (Lipinski definition) is 1. The molecule has 1 nitrogen and oxygen atoms in total. The van der Waals surface area contributed by atoms with Gasteiger partial charge in [-0.05, 0) is 41.3 Å². The van der Waals surface area contributed by atoms with Crippen molar-refractivity contribution in [3.8, 4) is 18.1 Å². The topological polar surface area (TPSA) is 9.23 Å². The van der Waals surface area contributed by atoms with Crippen LogP contribution >= 0.6 is 0 Å². The van der Waals surface area contributed by atoms with Crippen molar-refractivity contribution in [2.24, 2.45) is 0 Å². The highest BCUT2D eigenvalue weighted by atomic mass is 19.1. The third-order valence-electron chi connectivity index (χ3n) is 3.11. The van der Waals surface area contributed by atoms with Crippen LogP contribution in [0.15, 0.2) is 42.5 Å². The Hall–Kier alpha value is -2.27. The maximum Gasteiger partial charge on any atom is 0.135 e. The van der Waals surface area contributed by atoms with E-state index in [4.69, 9.17) is 11.2 Å². The minimum absolute atomic E-state index is 0.265. The smallest absolute Gasteiger partial charge is 0.135 e. The van der Waals surface area contributed by atoms with Crippen LogP contribution in [0.2, 0.25) is 0 Å². The molecule has 0 saturated heterocycles. The predicted octanol–water partition coefficient (Wildman–Crippen LogP) is 4.51. The molecule has 0 amide bonds. The van der Waals surface area contributed by atoms with Gasteiger partial charge >= 0.3 is 0 Å². The van der Waals surface area contributed by atoms with Gasteiger partial charge in [0.2, 0.25) is 0 Å². The Morgan fingerprint density at radius 1 is 1.20 bits per heavy atom. The van der Waals surface area contributed by atoms with E-state index in [9.17, 15) is 4.39 Å². The molecule has 2 aromatic carbocycles. The van der Waals surface area contributed by atoms with Crippen molar-refractivity contribution in [1.29, 1.82) is 0 Å². The minimum atomic E-state index is -0.265. The molecule has 0 heterocycles. The summed E-state index contributed by atoms with van der Waals surface area (Å²) in [5, 5.41) is 0. The third-order valence-corrected chi connectivity index (χ3v) is 3.11. The first-order chi connectivity index (χ1) is 9.60. The van der Waals surface area contributed by atoms with E-state index in [1.54, 1.807) is 6.07 Å². The van der Waals surface area contributed by atoms with Crippen molar-refractivity contribution >= 4 is 0 Å². The van der Waals surface area contributed by atoms with Crippen LogP contribution in [0.5, 0.6) is 5.75 Å². The largest absolute Gasteiger partial charge is 0.488 e. The number of benzene rings is 2. The number of ether oxygens (including phenoxy) is 1. The molecule has 0 radical (unpaired) electrons. The molecule has 102 valence electrons. The molecule has 0 aliphatic carbocycles. The first-order valence-corrected chi connectivity index (χ1v) is 6.58. The Bertz CT molecular complexity index is 638. The lowest BCUT2D eigenvalue weighted by Crippen LogP contribution is -1.99. The van der Waals surface area contributed by atoms with Crippen molar-refractivity contribution in [2.75, 3.05) is 0 Å². The van der Waals surface area contributed by atoms with Crippen molar-refractivity contribution in [2.45, 2.75) is 26.4 Å². The van der Waals surface area contributed by atoms with Gasteiger partial charge in [-0.1, -0.05) is 38.0 Å². The summed E-state index contributed by atoms with van der Waals surface area (Å²) in [6.07, 6.45) is 5.52. The van der Waals surface area contributed by atoms with Crippen molar-refractivity contribution in [1.82, 2.24) is 0 Å². The summed E-state index contributed by atoms with van der Waals surface area (Å²) in [5.41, 5.74) is 2.68. The Morgan fingerprint density at radius 2 is 2.00 bits per heavy atom. The molecule has 0 aliphatic heterocycles. The fraction of sp³-hybridized carbons (Fsp3) is 0.222. The van der Waals surface area contributed by atoms with Gasteiger partial charge in [0, 0.05) is 0 Å². The van der Waals surface area contributed by atoms with Crippen LogP contribution in [0, 0.1) is 18.2 Å². The summed E-state index contributed by atoms with van der Waals surface area (Å²) in [5.74, 6) is 3.44. The average molecular weight is 268 g/mol. The molecule has 0 spiro atoms. The fourth-order valence-corrected chi connectivity index (χ4v) is 1.93. The molecule has 2 heteroatoms. The molecule has 2 aromatic rings. The number of hydrogen-bond donors (Lipinski definition) is 0. The number of rotatable bonds is 4. The van der Waals surface area contributed by atoms with Crippen LogP contribution in [0.4, 0.5) is 4.39 Å². The van der Waals surface area contributed by atoms with Crippen LogP contribution < -0.4 is 4.74 Å². The van der Waals surface area contributed by atoms with Crippen molar-refractivity contribution < 1.29 is 9.13 Å². The summed E-state index contributed by atoms with van der Waals surface area (Å²) < 4.78 is 18.8. The lowest BCUT2D eigenvalue weighted by molar-refractivity contribution is 0.304. The number of terminal acetylenes is 1. The van der Waals surface area contributed by atoms with Crippen molar-refractivity contribution in [3.05, 3.63) is 65.0 Å². The molecular weight excluding hydrogens is 251 g/mol. The van der Waals surface area contributed by atoms with Crippen LogP contribution in [-0.4, -0.2) is 0 Å². The lowest BCUT2D eigenvalue weighted by atomic mass is 10.0. The summed E-state index contributed by atoms with van der Waals surface area (Å²) in [7, 11) is 0. The maximum atomic E-state index is 13.1. The highest BCUT2D eigenvalue weighted by Gasteiger charge is 2.06. The van der Waals surface area contributed by atoms with Crippen LogP contribution in [0.25, 0.3) is 0 Å². The second kappa shape index (κ2) is 6.25. The van der Waals surface area contributed by atoms with E-state index in [1.807, 2.05) is 24.3 Å². The van der Waals surface area contributed by atoms with Crippen molar-refractivity contribution in [3.63, 3.8) is 0 Å². The highest BCUT2D eigenvalue weighted by molar-refractivity contribution is 5.47. The monoisotopic (exact) mass is 268 g/mol. The average Bonchev–Trinajstić information content (AvgIpc) is 2.45. The first-order valence-electron chi connectivity index (χ1n) is 6.58. The molecule has 0 N–H and O–H groups in total. The molecule has 0 aliphatic rings. The quantitative estimate of drug-likeness (QED) is 0.741. The van der Waals surface area contributed by atoms with Crippen LogP contribution in [0.3, 0.4) is 0 Å². The van der Waals surface area contributed by atoms with E-state index in [0.717, 1.165) is 11.1 Å². The molecule has 20 heavy (non-hydrogen) atoms. The van der Waals surface area contributed by atoms with Gasteiger partial charge in [-0.15, -0.1) is 6.42 Å². The Balaban J connectivity index is 2.16. The van der Waals surface area contributed by atoms with Gasteiger partial charge in [-0.2, -0.15) is 0 Å². The molecule has 0 bridgehead atoms. The molecule has 0 unspecified atom stereocenters. The zero-order valence-corrected chi connectivity index (χ0v) is 11.7. The predicted molar refractivity (Wildman–Crippen MR) is 79.2 cm³/mol. The van der Waals surface area contributed by atoms with Crippen LogP contribution in [0.1, 0.15) is 36.5 Å². The molecule has 0 saturated carbocycles. The van der Waals surface area contributed by atoms with Gasteiger partial charge in [0.15, 0.2) is 0 Å². The Labute approximate surface area is 119 Å². The fourth-order valence-electron chi connectivity index (χ4n) is 1.93. The maximum absolute atomic E-state index is 13.1. The minimum Gasteiger partial charge on any atom is -0.488 e. The van der Waals surface area contributed by atoms with Gasteiger partial charge in [-0.3, -0.25) is 0 Å². The third kappa shape index (κ3) is 3.39. The summed E-state index contributed by atoms with van der Waals surface area (Å²) >= 11 is 0. The second-order valence-corrected chi connectivity index (χ2v) is 4.97. The molecule has 2 rings (SSSR count). The highest BCUT2D eigenvalue weighted by Crippen LogP contribution is 2.24. The van der Waals surface area contributed by atoms with Crippen LogP contribution in [-0.2, 0) is 6.61 Å². The zero-order chi connectivity index (χ0) is 14.5. The van der Waals surface area contributed by atoms with Gasteiger partial charge in [0.25, 0.3) is 0 Å². The Kier molecular flexibility index (Phi) is 4.42. The number of halogens is 1. The van der Waals surface area contributed by atoms with Gasteiger partial charge < -0.3 is 4.74 Å². The lowest BCUT2D eigenvalue weighted by Gasteiger charge is -2.12. The normalized spacial score (nSPS) is 10.3. The molecule has 0 atom stereocenters. The van der Waals surface area contributed by atoms with E-state index in [1.165, 1.54) is 17.7 Å². The van der Waals surface area contributed by atoms with Gasteiger partial charge in [-0.25, -0.2) is 4.39 Å². The molecule has 0 fully saturated rings. The molecule has 0 aromatic heterocycles. The second-order valence-electron chi connectivity index (χ2n) is 4.97. The van der Waals surface area contributed by atoms with E-state index >= 15 is 0 Å². The first kappa shape index (κ1) is 14.1. The standard InChI is InChI=1S/C18H17FO/c1-4-15-11-16(13(2)3)8-9-18(15)20-12-14-6-5-7-17(19)10-14/h1,5-11,13H,12H2,2-3H3. The summed E-state index contributed by atoms with van der Waals surface area (Å²) in [6, 6.07) is 12.2.